The van der Waals surface area contributed by atoms with Crippen LogP contribution in [0.5, 0.6) is 11.5 Å². The highest BCUT2D eigenvalue weighted by Crippen LogP contribution is 2.27. The quantitative estimate of drug-likeness (QED) is 0.710. The first-order valence-corrected chi connectivity index (χ1v) is 8.97. The molecule has 1 aromatic heterocycles. The van der Waals surface area contributed by atoms with Crippen molar-refractivity contribution in [3.8, 4) is 11.5 Å². The summed E-state index contributed by atoms with van der Waals surface area (Å²) in [5.74, 6) is 0.862. The van der Waals surface area contributed by atoms with Crippen LogP contribution in [0.4, 0.5) is 0 Å². The Balaban J connectivity index is 1.92. The first kappa shape index (κ1) is 19.4. The number of ether oxygens (including phenoxy) is 2. The average Bonchev–Trinajstić information content (AvgIpc) is 2.71. The molecule has 0 saturated carbocycles. The molecule has 0 aliphatic heterocycles. The van der Waals surface area contributed by atoms with Gasteiger partial charge in [-0.1, -0.05) is 24.3 Å². The highest BCUT2D eigenvalue weighted by atomic mass is 16.5. The number of hydrogen-bond acceptors (Lipinski definition) is 5. The number of nitrogens with one attached hydrogen (secondary N) is 1. The Kier molecular flexibility index (Phi) is 5.63. The van der Waals surface area contributed by atoms with E-state index in [0.29, 0.717) is 22.3 Å². The number of benzene rings is 2. The van der Waals surface area contributed by atoms with E-state index >= 15 is 0 Å². The number of carbonyl (C=O) groups excluding carboxylic acids is 1. The number of hydrogen-bond donors (Lipinski definition) is 1. The molecular weight excluding hydrogens is 358 g/mol. The van der Waals surface area contributed by atoms with Gasteiger partial charge in [0.25, 0.3) is 11.5 Å². The van der Waals surface area contributed by atoms with E-state index in [9.17, 15) is 9.59 Å². The molecule has 0 unspecified atom stereocenters. The molecule has 0 atom stereocenters. The molecule has 7 heteroatoms. The van der Waals surface area contributed by atoms with Gasteiger partial charge < -0.3 is 14.8 Å². The topological polar surface area (TPSA) is 82.5 Å². The third kappa shape index (κ3) is 3.69. The monoisotopic (exact) mass is 381 g/mol. The van der Waals surface area contributed by atoms with Crippen molar-refractivity contribution in [2.24, 2.45) is 0 Å². The summed E-state index contributed by atoms with van der Waals surface area (Å²) in [6.45, 7) is 4.00. The van der Waals surface area contributed by atoms with E-state index in [1.807, 2.05) is 19.9 Å². The number of aromatic nitrogens is 2. The van der Waals surface area contributed by atoms with Crippen molar-refractivity contribution in [3.05, 3.63) is 64.1 Å². The fraction of sp³-hybridized carbons (Fsp3) is 0.286. The van der Waals surface area contributed by atoms with Crippen molar-refractivity contribution < 1.29 is 14.3 Å². The molecule has 0 bridgehead atoms. The molecule has 2 aromatic carbocycles. The van der Waals surface area contributed by atoms with E-state index in [4.69, 9.17) is 9.47 Å². The van der Waals surface area contributed by atoms with Gasteiger partial charge in [-0.2, -0.15) is 5.10 Å². The lowest BCUT2D eigenvalue weighted by molar-refractivity contribution is 0.0945. The van der Waals surface area contributed by atoms with E-state index < -0.39 is 0 Å². The van der Waals surface area contributed by atoms with Crippen LogP contribution >= 0.6 is 0 Å². The Morgan fingerprint density at radius 1 is 1.07 bits per heavy atom. The number of rotatable bonds is 6. The first-order valence-electron chi connectivity index (χ1n) is 8.97. The minimum atomic E-state index is -0.347. The largest absolute Gasteiger partial charge is 0.493 e. The molecule has 1 heterocycles. The summed E-state index contributed by atoms with van der Waals surface area (Å²) in [4.78, 5) is 25.4. The summed E-state index contributed by atoms with van der Waals surface area (Å²) >= 11 is 0. The molecule has 0 fully saturated rings. The summed E-state index contributed by atoms with van der Waals surface area (Å²) in [5, 5.41) is 8.20. The third-order valence-electron chi connectivity index (χ3n) is 4.43. The predicted octanol–water partition coefficient (Wildman–Crippen LogP) is 2.92. The molecule has 3 rings (SSSR count). The standard InChI is InChI=1S/C21H23N3O4/c1-13(2)24-21(26)16-8-6-5-7-15(16)19(23-24)20(25)22-12-14-9-10-17(27-3)18(11-14)28-4/h5-11,13H,12H2,1-4H3,(H,22,25). The lowest BCUT2D eigenvalue weighted by Gasteiger charge is -2.14. The molecule has 3 aromatic rings. The van der Waals surface area contributed by atoms with Crippen LogP contribution in [0.25, 0.3) is 10.8 Å². The van der Waals surface area contributed by atoms with Crippen molar-refractivity contribution in [1.82, 2.24) is 15.1 Å². The number of fused-ring (bicyclic) bond motifs is 1. The predicted molar refractivity (Wildman–Crippen MR) is 107 cm³/mol. The van der Waals surface area contributed by atoms with Gasteiger partial charge in [-0.15, -0.1) is 0 Å². The molecule has 7 nitrogen and oxygen atoms in total. The van der Waals surface area contributed by atoms with Gasteiger partial charge in [0.2, 0.25) is 0 Å². The fourth-order valence-corrected chi connectivity index (χ4v) is 2.98. The molecular formula is C21H23N3O4. The Hall–Kier alpha value is -3.35. The van der Waals surface area contributed by atoms with Gasteiger partial charge in [0.1, 0.15) is 0 Å². The van der Waals surface area contributed by atoms with Crippen LogP contribution in [0.15, 0.2) is 47.3 Å². The maximum absolute atomic E-state index is 12.9. The van der Waals surface area contributed by atoms with E-state index in [-0.39, 0.29) is 29.7 Å². The van der Waals surface area contributed by atoms with E-state index in [1.165, 1.54) is 4.68 Å². The number of carbonyl (C=O) groups is 1. The maximum Gasteiger partial charge on any atom is 0.274 e. The SMILES string of the molecule is COc1ccc(CNC(=O)c2nn(C(C)C)c(=O)c3ccccc23)cc1OC. The van der Waals surface area contributed by atoms with Crippen molar-refractivity contribution in [2.75, 3.05) is 14.2 Å². The summed E-state index contributed by atoms with van der Waals surface area (Å²) in [5.41, 5.74) is 0.874. The lowest BCUT2D eigenvalue weighted by atomic mass is 10.1. The van der Waals surface area contributed by atoms with Gasteiger partial charge in [0.05, 0.1) is 25.6 Å². The van der Waals surface area contributed by atoms with Crippen LogP contribution < -0.4 is 20.3 Å². The second-order valence-electron chi connectivity index (χ2n) is 6.61. The number of nitrogens with zero attached hydrogens (tertiary/aromatic N) is 2. The van der Waals surface area contributed by atoms with Crippen molar-refractivity contribution in [2.45, 2.75) is 26.4 Å². The molecule has 0 spiro atoms. The Bertz CT molecular complexity index is 1070. The zero-order valence-electron chi connectivity index (χ0n) is 16.4. The summed E-state index contributed by atoms with van der Waals surface area (Å²) in [7, 11) is 3.13. The Morgan fingerprint density at radius 2 is 1.75 bits per heavy atom. The van der Waals surface area contributed by atoms with Gasteiger partial charge in [-0.3, -0.25) is 9.59 Å². The highest BCUT2D eigenvalue weighted by Gasteiger charge is 2.17. The molecule has 1 N–H and O–H groups in total. The van der Waals surface area contributed by atoms with Gasteiger partial charge in [-0.05, 0) is 37.6 Å². The van der Waals surface area contributed by atoms with Crippen LogP contribution in [0.2, 0.25) is 0 Å². The number of amides is 1. The summed E-state index contributed by atoms with van der Waals surface area (Å²) in [6, 6.07) is 12.3. The van der Waals surface area contributed by atoms with Crippen LogP contribution in [0.1, 0.15) is 35.9 Å². The van der Waals surface area contributed by atoms with Crippen LogP contribution in [-0.2, 0) is 6.54 Å². The average molecular weight is 381 g/mol. The molecule has 0 aliphatic carbocycles. The van der Waals surface area contributed by atoms with Gasteiger partial charge in [-0.25, -0.2) is 4.68 Å². The molecule has 1 amide bonds. The van der Waals surface area contributed by atoms with Gasteiger partial charge in [0, 0.05) is 11.9 Å². The van der Waals surface area contributed by atoms with Crippen LogP contribution in [0.3, 0.4) is 0 Å². The smallest absolute Gasteiger partial charge is 0.274 e. The minimum Gasteiger partial charge on any atom is -0.493 e. The van der Waals surface area contributed by atoms with Crippen molar-refractivity contribution >= 4 is 16.7 Å². The first-order chi connectivity index (χ1) is 13.5. The Labute approximate surface area is 162 Å². The second-order valence-corrected chi connectivity index (χ2v) is 6.61. The normalized spacial score (nSPS) is 10.9. The highest BCUT2D eigenvalue weighted by molar-refractivity contribution is 6.04. The Morgan fingerprint density at radius 3 is 2.39 bits per heavy atom. The van der Waals surface area contributed by atoms with Crippen molar-refractivity contribution in [3.63, 3.8) is 0 Å². The molecule has 0 aliphatic rings. The molecule has 28 heavy (non-hydrogen) atoms. The zero-order chi connectivity index (χ0) is 20.3. The second kappa shape index (κ2) is 8.12. The summed E-state index contributed by atoms with van der Waals surface area (Å²) in [6.07, 6.45) is 0. The molecule has 0 saturated heterocycles. The summed E-state index contributed by atoms with van der Waals surface area (Å²) < 4.78 is 11.9. The van der Waals surface area contributed by atoms with Crippen molar-refractivity contribution in [1.29, 1.82) is 0 Å². The van der Waals surface area contributed by atoms with E-state index in [0.717, 1.165) is 5.56 Å². The van der Waals surface area contributed by atoms with E-state index in [1.54, 1.807) is 50.6 Å². The van der Waals surface area contributed by atoms with Crippen LogP contribution in [-0.4, -0.2) is 29.9 Å². The zero-order valence-corrected chi connectivity index (χ0v) is 16.4. The van der Waals surface area contributed by atoms with E-state index in [2.05, 4.69) is 10.4 Å². The third-order valence-corrected chi connectivity index (χ3v) is 4.43. The molecule has 0 radical (unpaired) electrons. The lowest BCUT2D eigenvalue weighted by Crippen LogP contribution is -2.31. The van der Waals surface area contributed by atoms with Gasteiger partial charge in [0.15, 0.2) is 17.2 Å². The minimum absolute atomic E-state index is 0.158. The molecule has 146 valence electrons. The maximum atomic E-state index is 12.9. The number of methoxy groups -OCH3 is 2. The van der Waals surface area contributed by atoms with Crippen LogP contribution in [0, 0.1) is 0 Å². The fourth-order valence-electron chi connectivity index (χ4n) is 2.98. The van der Waals surface area contributed by atoms with Gasteiger partial charge >= 0.3 is 0 Å².